The molecule has 1 heterocycles. The summed E-state index contributed by atoms with van der Waals surface area (Å²) in [6, 6.07) is 4.94. The first kappa shape index (κ1) is 23.2. The first-order valence-electron chi connectivity index (χ1n) is 9.76. The van der Waals surface area contributed by atoms with Crippen LogP contribution in [0.3, 0.4) is 0 Å². The van der Waals surface area contributed by atoms with Crippen molar-refractivity contribution in [2.75, 3.05) is 13.7 Å². The number of ether oxygens (including phenoxy) is 1. The van der Waals surface area contributed by atoms with E-state index in [0.717, 1.165) is 50.5 Å². The van der Waals surface area contributed by atoms with E-state index in [1.165, 1.54) is 24.9 Å². The monoisotopic (exact) mass is 437 g/mol. The number of aliphatic carboxylic acids is 1. The molecule has 0 atom stereocenters. The molecule has 6 nitrogen and oxygen atoms in total. The number of rotatable bonds is 12. The predicted octanol–water partition coefficient (Wildman–Crippen LogP) is 4.81. The molecule has 1 aromatic carbocycles. The molecule has 29 heavy (non-hydrogen) atoms. The van der Waals surface area contributed by atoms with Gasteiger partial charge in [0.2, 0.25) is 0 Å². The van der Waals surface area contributed by atoms with Gasteiger partial charge in [0, 0.05) is 13.0 Å². The molecule has 1 aliphatic rings. The summed E-state index contributed by atoms with van der Waals surface area (Å²) in [6.45, 7) is 0.611. The fourth-order valence-electron chi connectivity index (χ4n) is 3.06. The number of unbranched alkanes of at least 4 members (excludes halogenated alkanes) is 6. The van der Waals surface area contributed by atoms with Gasteiger partial charge in [-0.3, -0.25) is 14.5 Å². The molecule has 0 aliphatic carbocycles. The van der Waals surface area contributed by atoms with Crippen molar-refractivity contribution < 1.29 is 24.5 Å². The van der Waals surface area contributed by atoms with Crippen molar-refractivity contribution in [3.63, 3.8) is 0 Å². The second kappa shape index (κ2) is 11.8. The van der Waals surface area contributed by atoms with Gasteiger partial charge >= 0.3 is 5.97 Å². The van der Waals surface area contributed by atoms with E-state index in [1.54, 1.807) is 23.1 Å². The SMILES string of the molecule is COc1cc(/C=C2\SC(=S)N(CCCCCCCCCC(=O)O)C2=O)ccc1O. The van der Waals surface area contributed by atoms with Crippen LogP contribution in [0, 0.1) is 0 Å². The Bertz CT molecular complexity index is 778. The van der Waals surface area contributed by atoms with Gasteiger partial charge in [0.1, 0.15) is 4.32 Å². The summed E-state index contributed by atoms with van der Waals surface area (Å²) in [4.78, 5) is 25.3. The van der Waals surface area contributed by atoms with Crippen LogP contribution in [0.5, 0.6) is 11.5 Å². The molecular formula is C21H27NO5S2. The van der Waals surface area contributed by atoms with Crippen LogP contribution in [0.1, 0.15) is 56.9 Å². The lowest BCUT2D eigenvalue weighted by atomic mass is 10.1. The maximum atomic E-state index is 12.7. The molecule has 8 heteroatoms. The molecular weight excluding hydrogens is 410 g/mol. The molecule has 0 spiro atoms. The Morgan fingerprint density at radius 3 is 2.48 bits per heavy atom. The summed E-state index contributed by atoms with van der Waals surface area (Å²) in [5.74, 6) is -0.399. The Balaban J connectivity index is 1.75. The molecule has 0 aromatic heterocycles. The van der Waals surface area contributed by atoms with Gasteiger partial charge in [-0.2, -0.15) is 0 Å². The average molecular weight is 438 g/mol. The molecule has 1 amide bonds. The smallest absolute Gasteiger partial charge is 0.303 e. The number of hydrogen-bond acceptors (Lipinski definition) is 6. The summed E-state index contributed by atoms with van der Waals surface area (Å²) in [5.41, 5.74) is 0.767. The van der Waals surface area contributed by atoms with E-state index >= 15 is 0 Å². The van der Waals surface area contributed by atoms with E-state index in [9.17, 15) is 14.7 Å². The van der Waals surface area contributed by atoms with Crippen molar-refractivity contribution in [1.82, 2.24) is 4.90 Å². The number of phenols is 1. The highest BCUT2D eigenvalue weighted by molar-refractivity contribution is 8.26. The second-order valence-electron chi connectivity index (χ2n) is 6.88. The van der Waals surface area contributed by atoms with Gasteiger partial charge in [0.05, 0.1) is 12.0 Å². The number of carbonyl (C=O) groups is 2. The zero-order chi connectivity index (χ0) is 21.2. The third-order valence-corrected chi connectivity index (χ3v) is 6.03. The number of phenolic OH excluding ortho intramolecular Hbond substituents is 1. The Hall–Kier alpha value is -2.06. The van der Waals surface area contributed by atoms with Crippen LogP contribution in [-0.2, 0) is 9.59 Å². The lowest BCUT2D eigenvalue weighted by Gasteiger charge is -2.14. The van der Waals surface area contributed by atoms with Gasteiger partial charge in [-0.15, -0.1) is 0 Å². The molecule has 0 unspecified atom stereocenters. The molecule has 158 valence electrons. The van der Waals surface area contributed by atoms with Crippen molar-refractivity contribution in [2.45, 2.75) is 51.4 Å². The number of methoxy groups -OCH3 is 1. The Labute approximate surface area is 180 Å². The van der Waals surface area contributed by atoms with Crippen LogP contribution in [0.25, 0.3) is 6.08 Å². The first-order valence-corrected chi connectivity index (χ1v) is 11.0. The largest absolute Gasteiger partial charge is 0.504 e. The number of carbonyl (C=O) groups excluding carboxylic acids is 1. The minimum Gasteiger partial charge on any atom is -0.504 e. The number of amides is 1. The van der Waals surface area contributed by atoms with Gasteiger partial charge in [0.15, 0.2) is 11.5 Å². The molecule has 2 N–H and O–H groups in total. The van der Waals surface area contributed by atoms with Crippen molar-refractivity contribution in [2.24, 2.45) is 0 Å². The molecule has 1 aliphatic heterocycles. The van der Waals surface area contributed by atoms with Gasteiger partial charge in [-0.25, -0.2) is 0 Å². The molecule has 1 aromatic rings. The average Bonchev–Trinajstić information content (AvgIpc) is 2.95. The van der Waals surface area contributed by atoms with Crippen LogP contribution in [0.2, 0.25) is 0 Å². The Kier molecular flexibility index (Phi) is 9.47. The summed E-state index contributed by atoms with van der Waals surface area (Å²) >= 11 is 6.66. The summed E-state index contributed by atoms with van der Waals surface area (Å²) in [6.07, 6.45) is 8.82. The zero-order valence-corrected chi connectivity index (χ0v) is 18.2. The number of benzene rings is 1. The highest BCUT2D eigenvalue weighted by atomic mass is 32.2. The van der Waals surface area contributed by atoms with Crippen LogP contribution in [0.15, 0.2) is 23.1 Å². The molecule has 0 saturated carbocycles. The third-order valence-electron chi connectivity index (χ3n) is 4.65. The van der Waals surface area contributed by atoms with E-state index < -0.39 is 5.97 Å². The van der Waals surface area contributed by atoms with Crippen LogP contribution >= 0.6 is 24.0 Å². The normalized spacial score (nSPS) is 15.3. The highest BCUT2D eigenvalue weighted by Gasteiger charge is 2.31. The topological polar surface area (TPSA) is 87.1 Å². The first-order chi connectivity index (χ1) is 13.9. The predicted molar refractivity (Wildman–Crippen MR) is 119 cm³/mol. The van der Waals surface area contributed by atoms with E-state index in [0.29, 0.717) is 21.5 Å². The van der Waals surface area contributed by atoms with Crippen LogP contribution in [-0.4, -0.2) is 45.0 Å². The van der Waals surface area contributed by atoms with Gasteiger partial charge in [-0.1, -0.05) is 62.2 Å². The minimum absolute atomic E-state index is 0.0547. The number of nitrogens with zero attached hydrogens (tertiary/aromatic N) is 1. The molecule has 1 fully saturated rings. The standard InChI is InChI=1S/C21H27NO5S2/c1-27-17-13-15(10-11-16(17)23)14-18-20(26)22(21(28)29-18)12-8-6-4-2-3-5-7-9-19(24)25/h10-11,13-14,23H,2-9,12H2,1H3,(H,24,25)/b18-14-. The number of carboxylic acid groups (broad SMARTS) is 1. The van der Waals surface area contributed by atoms with Crippen molar-refractivity contribution >= 4 is 46.3 Å². The maximum absolute atomic E-state index is 12.7. The van der Waals surface area contributed by atoms with Crippen LogP contribution in [0.4, 0.5) is 0 Å². The number of carboxylic acids is 1. The van der Waals surface area contributed by atoms with E-state index in [1.807, 2.05) is 0 Å². The molecule has 1 saturated heterocycles. The minimum atomic E-state index is -0.730. The van der Waals surface area contributed by atoms with Crippen LogP contribution < -0.4 is 4.74 Å². The van der Waals surface area contributed by atoms with Gasteiger partial charge in [-0.05, 0) is 36.6 Å². The van der Waals surface area contributed by atoms with E-state index in [4.69, 9.17) is 22.1 Å². The summed E-state index contributed by atoms with van der Waals surface area (Å²) in [7, 11) is 1.48. The quantitative estimate of drug-likeness (QED) is 0.276. The van der Waals surface area contributed by atoms with Gasteiger partial charge < -0.3 is 14.9 Å². The summed E-state index contributed by atoms with van der Waals surface area (Å²) in [5, 5.41) is 18.3. The number of thiocarbonyl (C=S) groups is 1. The Morgan fingerprint density at radius 1 is 1.17 bits per heavy atom. The van der Waals surface area contributed by atoms with Crippen molar-refractivity contribution in [3.05, 3.63) is 28.7 Å². The van der Waals surface area contributed by atoms with E-state index in [-0.39, 0.29) is 18.1 Å². The number of thioether (sulfide) groups is 1. The fraction of sp³-hybridized carbons (Fsp3) is 0.476. The number of aromatic hydroxyl groups is 1. The Morgan fingerprint density at radius 2 is 1.83 bits per heavy atom. The van der Waals surface area contributed by atoms with Crippen molar-refractivity contribution in [3.8, 4) is 11.5 Å². The molecule has 2 rings (SSSR count). The lowest BCUT2D eigenvalue weighted by molar-refractivity contribution is -0.137. The third kappa shape index (κ3) is 7.36. The number of hydrogen-bond donors (Lipinski definition) is 2. The summed E-state index contributed by atoms with van der Waals surface area (Å²) < 4.78 is 5.67. The molecule has 0 radical (unpaired) electrons. The van der Waals surface area contributed by atoms with Crippen molar-refractivity contribution in [1.29, 1.82) is 0 Å². The highest BCUT2D eigenvalue weighted by Crippen LogP contribution is 2.34. The van der Waals surface area contributed by atoms with E-state index in [2.05, 4.69) is 0 Å². The maximum Gasteiger partial charge on any atom is 0.303 e. The molecule has 0 bridgehead atoms. The second-order valence-corrected chi connectivity index (χ2v) is 8.56. The van der Waals surface area contributed by atoms with Gasteiger partial charge in [0.25, 0.3) is 5.91 Å². The lowest BCUT2D eigenvalue weighted by Crippen LogP contribution is -2.29. The fourth-order valence-corrected chi connectivity index (χ4v) is 4.37. The zero-order valence-electron chi connectivity index (χ0n) is 16.6.